The Morgan fingerprint density at radius 2 is 2.00 bits per heavy atom. The second kappa shape index (κ2) is 5.29. The van der Waals surface area contributed by atoms with Crippen molar-refractivity contribution in [2.75, 3.05) is 6.54 Å². The van der Waals surface area contributed by atoms with Crippen LogP contribution in [0, 0.1) is 12.8 Å². The van der Waals surface area contributed by atoms with Gasteiger partial charge in [-0.3, -0.25) is 0 Å². The largest absolute Gasteiger partial charge is 0.240 e. The first-order chi connectivity index (χ1) is 7.33. The lowest BCUT2D eigenvalue weighted by molar-refractivity contribution is 0.560. The SMILES string of the molecule is Cc1cc(S(=O)(=O)NCC(C)C)ccc1Br. The summed E-state index contributed by atoms with van der Waals surface area (Å²) in [5, 5.41) is 0. The van der Waals surface area contributed by atoms with Crippen LogP contribution >= 0.6 is 15.9 Å². The fraction of sp³-hybridized carbons (Fsp3) is 0.455. The van der Waals surface area contributed by atoms with Crippen molar-refractivity contribution >= 4 is 26.0 Å². The summed E-state index contributed by atoms with van der Waals surface area (Å²) in [6.45, 7) is 6.26. The molecule has 0 unspecified atom stereocenters. The molecule has 90 valence electrons. The third-order valence-electron chi connectivity index (χ3n) is 2.12. The van der Waals surface area contributed by atoms with Gasteiger partial charge >= 0.3 is 0 Å². The van der Waals surface area contributed by atoms with Crippen LogP contribution in [0.4, 0.5) is 0 Å². The van der Waals surface area contributed by atoms with E-state index >= 15 is 0 Å². The maximum Gasteiger partial charge on any atom is 0.240 e. The summed E-state index contributed by atoms with van der Waals surface area (Å²) in [6.07, 6.45) is 0. The van der Waals surface area contributed by atoms with Crippen LogP contribution in [0.1, 0.15) is 19.4 Å². The number of halogens is 1. The van der Waals surface area contributed by atoms with Gasteiger partial charge in [-0.25, -0.2) is 13.1 Å². The minimum atomic E-state index is -3.37. The lowest BCUT2D eigenvalue weighted by Gasteiger charge is -2.09. The van der Waals surface area contributed by atoms with E-state index in [-0.39, 0.29) is 0 Å². The lowest BCUT2D eigenvalue weighted by Crippen LogP contribution is -2.27. The van der Waals surface area contributed by atoms with E-state index in [1.54, 1.807) is 18.2 Å². The zero-order valence-corrected chi connectivity index (χ0v) is 12.0. The molecule has 0 bridgehead atoms. The minimum Gasteiger partial charge on any atom is -0.211 e. The van der Waals surface area contributed by atoms with E-state index in [0.717, 1.165) is 10.0 Å². The van der Waals surface area contributed by atoms with Gasteiger partial charge in [-0.15, -0.1) is 0 Å². The van der Waals surface area contributed by atoms with Gasteiger partial charge in [0.15, 0.2) is 0 Å². The van der Waals surface area contributed by atoms with Crippen molar-refractivity contribution in [3.63, 3.8) is 0 Å². The fourth-order valence-corrected chi connectivity index (χ4v) is 2.69. The third-order valence-corrected chi connectivity index (χ3v) is 4.43. The van der Waals surface area contributed by atoms with Crippen molar-refractivity contribution in [1.29, 1.82) is 0 Å². The molecular formula is C11H16BrNO2S. The second-order valence-electron chi connectivity index (χ2n) is 4.16. The van der Waals surface area contributed by atoms with Crippen molar-refractivity contribution in [2.45, 2.75) is 25.7 Å². The normalized spacial score (nSPS) is 12.1. The second-order valence-corrected chi connectivity index (χ2v) is 6.78. The Labute approximate surface area is 105 Å². The molecule has 0 saturated carbocycles. The average Bonchev–Trinajstić information content (AvgIpc) is 2.19. The highest BCUT2D eigenvalue weighted by atomic mass is 79.9. The molecule has 16 heavy (non-hydrogen) atoms. The zero-order valence-electron chi connectivity index (χ0n) is 9.62. The average molecular weight is 306 g/mol. The van der Waals surface area contributed by atoms with Gasteiger partial charge < -0.3 is 0 Å². The predicted molar refractivity (Wildman–Crippen MR) is 68.9 cm³/mol. The Kier molecular flexibility index (Phi) is 4.52. The molecule has 0 aliphatic carbocycles. The van der Waals surface area contributed by atoms with Crippen LogP contribution in [0.3, 0.4) is 0 Å². The highest BCUT2D eigenvalue weighted by Gasteiger charge is 2.14. The molecule has 0 amide bonds. The van der Waals surface area contributed by atoms with Crippen molar-refractivity contribution in [3.05, 3.63) is 28.2 Å². The molecule has 5 heteroatoms. The molecule has 1 N–H and O–H groups in total. The summed E-state index contributed by atoms with van der Waals surface area (Å²) in [5.74, 6) is 0.298. The highest BCUT2D eigenvalue weighted by Crippen LogP contribution is 2.19. The number of benzene rings is 1. The van der Waals surface area contributed by atoms with Gasteiger partial charge in [0, 0.05) is 11.0 Å². The Hall–Kier alpha value is -0.390. The molecule has 1 aromatic rings. The van der Waals surface area contributed by atoms with Gasteiger partial charge in [0.1, 0.15) is 0 Å². The maximum absolute atomic E-state index is 11.9. The highest BCUT2D eigenvalue weighted by molar-refractivity contribution is 9.10. The number of hydrogen-bond donors (Lipinski definition) is 1. The summed E-state index contributed by atoms with van der Waals surface area (Å²) in [6, 6.07) is 5.01. The Morgan fingerprint density at radius 1 is 1.38 bits per heavy atom. The van der Waals surface area contributed by atoms with Crippen LogP contribution in [-0.2, 0) is 10.0 Å². The van der Waals surface area contributed by atoms with Gasteiger partial charge in [-0.2, -0.15) is 0 Å². The van der Waals surface area contributed by atoms with Crippen molar-refractivity contribution < 1.29 is 8.42 Å². The Bertz CT molecular complexity index is 469. The fourth-order valence-electron chi connectivity index (χ4n) is 1.14. The van der Waals surface area contributed by atoms with E-state index in [1.165, 1.54) is 0 Å². The van der Waals surface area contributed by atoms with Crippen molar-refractivity contribution in [2.24, 2.45) is 5.92 Å². The molecule has 0 saturated heterocycles. The van der Waals surface area contributed by atoms with Crippen LogP contribution in [0.25, 0.3) is 0 Å². The first-order valence-electron chi connectivity index (χ1n) is 5.09. The first kappa shape index (κ1) is 13.7. The van der Waals surface area contributed by atoms with E-state index in [4.69, 9.17) is 0 Å². The van der Waals surface area contributed by atoms with Crippen LogP contribution < -0.4 is 4.72 Å². The zero-order chi connectivity index (χ0) is 12.3. The lowest BCUT2D eigenvalue weighted by atomic mass is 10.2. The molecule has 3 nitrogen and oxygen atoms in total. The molecule has 1 aromatic carbocycles. The molecule has 0 spiro atoms. The maximum atomic E-state index is 11.9. The molecule has 0 radical (unpaired) electrons. The molecule has 0 aliphatic heterocycles. The molecule has 1 rings (SSSR count). The van der Waals surface area contributed by atoms with Gasteiger partial charge in [-0.05, 0) is 36.6 Å². The quantitative estimate of drug-likeness (QED) is 0.929. The Balaban J connectivity index is 2.94. The van der Waals surface area contributed by atoms with E-state index in [0.29, 0.717) is 17.4 Å². The van der Waals surface area contributed by atoms with E-state index < -0.39 is 10.0 Å². The summed E-state index contributed by atoms with van der Waals surface area (Å²) < 4.78 is 27.2. The summed E-state index contributed by atoms with van der Waals surface area (Å²) in [5.41, 5.74) is 0.910. The molecule has 0 fully saturated rings. The van der Waals surface area contributed by atoms with Crippen LogP contribution in [-0.4, -0.2) is 15.0 Å². The van der Waals surface area contributed by atoms with E-state index in [2.05, 4.69) is 20.7 Å². The smallest absolute Gasteiger partial charge is 0.211 e. The van der Waals surface area contributed by atoms with Gasteiger partial charge in [0.05, 0.1) is 4.90 Å². The molecule has 0 atom stereocenters. The van der Waals surface area contributed by atoms with Crippen LogP contribution in [0.2, 0.25) is 0 Å². The van der Waals surface area contributed by atoms with Gasteiger partial charge in [0.25, 0.3) is 0 Å². The number of rotatable bonds is 4. The summed E-state index contributed by atoms with van der Waals surface area (Å²) in [7, 11) is -3.37. The van der Waals surface area contributed by atoms with Gasteiger partial charge in [-0.1, -0.05) is 29.8 Å². The predicted octanol–water partition coefficient (Wildman–Crippen LogP) is 2.69. The Morgan fingerprint density at radius 3 is 2.50 bits per heavy atom. The number of hydrogen-bond acceptors (Lipinski definition) is 2. The third kappa shape index (κ3) is 3.57. The van der Waals surface area contributed by atoms with E-state index in [1.807, 2.05) is 20.8 Å². The number of aryl methyl sites for hydroxylation is 1. The molecule has 0 heterocycles. The molecular weight excluding hydrogens is 290 g/mol. The van der Waals surface area contributed by atoms with Crippen molar-refractivity contribution in [3.8, 4) is 0 Å². The first-order valence-corrected chi connectivity index (χ1v) is 7.36. The van der Waals surface area contributed by atoms with Gasteiger partial charge in [0.2, 0.25) is 10.0 Å². The summed E-state index contributed by atoms with van der Waals surface area (Å²) in [4.78, 5) is 0.314. The standard InChI is InChI=1S/C11H16BrNO2S/c1-8(2)7-13-16(14,15)10-4-5-11(12)9(3)6-10/h4-6,8,13H,7H2,1-3H3. The minimum absolute atomic E-state index is 0.298. The number of sulfonamides is 1. The molecule has 0 aromatic heterocycles. The van der Waals surface area contributed by atoms with Crippen molar-refractivity contribution in [1.82, 2.24) is 4.72 Å². The van der Waals surface area contributed by atoms with Crippen LogP contribution in [0.15, 0.2) is 27.6 Å². The topological polar surface area (TPSA) is 46.2 Å². The van der Waals surface area contributed by atoms with E-state index in [9.17, 15) is 8.42 Å². The van der Waals surface area contributed by atoms with Crippen LogP contribution in [0.5, 0.6) is 0 Å². The monoisotopic (exact) mass is 305 g/mol. The molecule has 0 aliphatic rings. The number of nitrogens with one attached hydrogen (secondary N) is 1. The summed E-state index contributed by atoms with van der Waals surface area (Å²) >= 11 is 3.34.